The molecule has 140 valence electrons. The standard InChI is InChI=1S/C24H20FNO2/c1-24(2,19-9-11-20(25)12-10-19)28-22-6-4-5-18(16-22)23(27)15-17-7-13-21(26-3)14-8-17/h4-14,16H,15H2,1-2H3. The highest BCUT2D eigenvalue weighted by molar-refractivity contribution is 5.97. The number of hydrogen-bond donors (Lipinski definition) is 0. The monoisotopic (exact) mass is 373 g/mol. The zero-order chi connectivity index (χ0) is 20.1. The molecule has 4 heteroatoms. The summed E-state index contributed by atoms with van der Waals surface area (Å²) in [7, 11) is 0. The van der Waals surface area contributed by atoms with E-state index in [9.17, 15) is 9.18 Å². The normalized spacial score (nSPS) is 10.9. The first-order valence-corrected chi connectivity index (χ1v) is 8.92. The van der Waals surface area contributed by atoms with Gasteiger partial charge in [0.2, 0.25) is 0 Å². The molecule has 3 rings (SSSR count). The molecule has 0 radical (unpaired) electrons. The zero-order valence-electron chi connectivity index (χ0n) is 15.8. The molecule has 0 aliphatic rings. The molecule has 0 saturated heterocycles. The summed E-state index contributed by atoms with van der Waals surface area (Å²) in [6.07, 6.45) is 0.253. The first kappa shape index (κ1) is 19.3. The maximum absolute atomic E-state index is 13.2. The Bertz CT molecular complexity index is 1020. The van der Waals surface area contributed by atoms with E-state index in [1.807, 2.05) is 13.8 Å². The minimum Gasteiger partial charge on any atom is -0.483 e. The van der Waals surface area contributed by atoms with E-state index in [1.54, 1.807) is 60.7 Å². The largest absolute Gasteiger partial charge is 0.483 e. The Morgan fingerprint density at radius 2 is 1.71 bits per heavy atom. The number of carbonyl (C=O) groups is 1. The fourth-order valence-corrected chi connectivity index (χ4v) is 2.91. The number of nitrogens with zero attached hydrogens (tertiary/aromatic N) is 1. The van der Waals surface area contributed by atoms with E-state index >= 15 is 0 Å². The number of rotatable bonds is 6. The molecular formula is C24H20FNO2. The number of hydrogen-bond acceptors (Lipinski definition) is 2. The fraction of sp³-hybridized carbons (Fsp3) is 0.167. The Kier molecular flexibility index (Phi) is 5.56. The van der Waals surface area contributed by atoms with Crippen molar-refractivity contribution in [1.29, 1.82) is 0 Å². The molecule has 0 amide bonds. The van der Waals surface area contributed by atoms with Crippen LogP contribution in [0, 0.1) is 12.4 Å². The van der Waals surface area contributed by atoms with Gasteiger partial charge in [-0.15, -0.1) is 0 Å². The van der Waals surface area contributed by atoms with Crippen LogP contribution in [-0.2, 0) is 12.0 Å². The van der Waals surface area contributed by atoms with Crippen LogP contribution in [0.25, 0.3) is 4.85 Å². The second-order valence-corrected chi connectivity index (χ2v) is 7.03. The smallest absolute Gasteiger partial charge is 0.187 e. The topological polar surface area (TPSA) is 30.7 Å². The quantitative estimate of drug-likeness (QED) is 0.385. The molecule has 0 fully saturated rings. The van der Waals surface area contributed by atoms with Crippen molar-refractivity contribution in [2.75, 3.05) is 0 Å². The van der Waals surface area contributed by atoms with E-state index in [1.165, 1.54) is 12.1 Å². The van der Waals surface area contributed by atoms with Crippen molar-refractivity contribution >= 4 is 11.5 Å². The van der Waals surface area contributed by atoms with Gasteiger partial charge in [0.1, 0.15) is 17.2 Å². The molecule has 0 atom stereocenters. The van der Waals surface area contributed by atoms with Crippen LogP contribution in [0.2, 0.25) is 0 Å². The molecule has 0 aliphatic carbocycles. The van der Waals surface area contributed by atoms with Gasteiger partial charge in [0.15, 0.2) is 11.5 Å². The number of carbonyl (C=O) groups excluding carboxylic acids is 1. The van der Waals surface area contributed by atoms with Gasteiger partial charge >= 0.3 is 0 Å². The van der Waals surface area contributed by atoms with E-state index in [0.29, 0.717) is 17.0 Å². The molecule has 3 aromatic carbocycles. The van der Waals surface area contributed by atoms with E-state index in [4.69, 9.17) is 11.3 Å². The number of benzene rings is 3. The summed E-state index contributed by atoms with van der Waals surface area (Å²) in [6, 6.07) is 20.3. The van der Waals surface area contributed by atoms with E-state index in [2.05, 4.69) is 4.85 Å². The van der Waals surface area contributed by atoms with Gasteiger partial charge in [0, 0.05) is 12.0 Å². The third-order valence-electron chi connectivity index (χ3n) is 4.50. The SMILES string of the molecule is [C-]#[N+]c1ccc(CC(=O)c2cccc(OC(C)(C)c3ccc(F)cc3)c2)cc1. The predicted octanol–water partition coefficient (Wildman–Crippen LogP) is 6.12. The van der Waals surface area contributed by atoms with Gasteiger partial charge in [-0.3, -0.25) is 4.79 Å². The second kappa shape index (κ2) is 8.06. The Morgan fingerprint density at radius 3 is 2.36 bits per heavy atom. The van der Waals surface area contributed by atoms with Crippen molar-refractivity contribution in [3.63, 3.8) is 0 Å². The third kappa shape index (κ3) is 4.63. The van der Waals surface area contributed by atoms with Crippen molar-refractivity contribution in [3.8, 4) is 5.75 Å². The van der Waals surface area contributed by atoms with Crippen molar-refractivity contribution in [2.24, 2.45) is 0 Å². The van der Waals surface area contributed by atoms with Crippen LogP contribution in [0.1, 0.15) is 35.3 Å². The van der Waals surface area contributed by atoms with Gasteiger partial charge in [-0.1, -0.05) is 48.5 Å². The minimum atomic E-state index is -0.676. The molecule has 0 aromatic heterocycles. The summed E-state index contributed by atoms with van der Waals surface area (Å²) in [5, 5.41) is 0. The van der Waals surface area contributed by atoms with Gasteiger partial charge in [0.05, 0.1) is 6.57 Å². The third-order valence-corrected chi connectivity index (χ3v) is 4.50. The first-order chi connectivity index (χ1) is 13.4. The molecule has 0 bridgehead atoms. The molecule has 0 N–H and O–H groups in total. The summed E-state index contributed by atoms with van der Waals surface area (Å²) in [5.41, 5.74) is 2.13. The average Bonchev–Trinajstić information content (AvgIpc) is 2.69. The average molecular weight is 373 g/mol. The Labute approximate surface area is 164 Å². The number of ketones is 1. The highest BCUT2D eigenvalue weighted by Crippen LogP contribution is 2.28. The zero-order valence-corrected chi connectivity index (χ0v) is 15.8. The van der Waals surface area contributed by atoms with Crippen molar-refractivity contribution in [1.82, 2.24) is 0 Å². The van der Waals surface area contributed by atoms with Crippen LogP contribution in [0.5, 0.6) is 5.75 Å². The lowest BCUT2D eigenvalue weighted by Crippen LogP contribution is -2.25. The maximum Gasteiger partial charge on any atom is 0.187 e. The summed E-state index contributed by atoms with van der Waals surface area (Å²) in [4.78, 5) is 16.0. The van der Waals surface area contributed by atoms with Crippen LogP contribution in [0.4, 0.5) is 10.1 Å². The molecule has 0 aliphatic heterocycles. The molecule has 0 saturated carbocycles. The molecular weight excluding hydrogens is 353 g/mol. The van der Waals surface area contributed by atoms with Crippen molar-refractivity contribution in [3.05, 3.63) is 107 Å². The maximum atomic E-state index is 13.2. The molecule has 3 aromatic rings. The Morgan fingerprint density at radius 1 is 1.04 bits per heavy atom. The van der Waals surface area contributed by atoms with E-state index < -0.39 is 5.60 Å². The van der Waals surface area contributed by atoms with Gasteiger partial charge in [-0.05, 0) is 49.2 Å². The van der Waals surface area contributed by atoms with Crippen LogP contribution in [0.15, 0.2) is 72.8 Å². The van der Waals surface area contributed by atoms with Crippen molar-refractivity contribution < 1.29 is 13.9 Å². The molecule has 3 nitrogen and oxygen atoms in total. The van der Waals surface area contributed by atoms with Crippen LogP contribution >= 0.6 is 0 Å². The van der Waals surface area contributed by atoms with Crippen LogP contribution < -0.4 is 4.74 Å². The van der Waals surface area contributed by atoms with Gasteiger partial charge in [-0.25, -0.2) is 9.24 Å². The lowest BCUT2D eigenvalue weighted by molar-refractivity contribution is 0.0983. The lowest BCUT2D eigenvalue weighted by atomic mass is 9.97. The number of halogens is 1. The summed E-state index contributed by atoms with van der Waals surface area (Å²) < 4.78 is 19.3. The van der Waals surface area contributed by atoms with Gasteiger partial charge in [-0.2, -0.15) is 0 Å². The van der Waals surface area contributed by atoms with E-state index in [0.717, 1.165) is 11.1 Å². The molecule has 0 heterocycles. The minimum absolute atomic E-state index is 0.0272. The summed E-state index contributed by atoms with van der Waals surface area (Å²) in [6.45, 7) is 10.8. The number of Topliss-reactive ketones (excluding diaryl/α,β-unsaturated/α-hetero) is 1. The molecule has 0 unspecified atom stereocenters. The highest BCUT2D eigenvalue weighted by Gasteiger charge is 2.23. The fourth-order valence-electron chi connectivity index (χ4n) is 2.91. The second-order valence-electron chi connectivity index (χ2n) is 7.03. The van der Waals surface area contributed by atoms with Gasteiger partial charge < -0.3 is 4.74 Å². The Balaban J connectivity index is 1.74. The van der Waals surface area contributed by atoms with Crippen LogP contribution in [-0.4, -0.2) is 5.78 Å². The van der Waals surface area contributed by atoms with Gasteiger partial charge in [0.25, 0.3) is 0 Å². The predicted molar refractivity (Wildman–Crippen MR) is 107 cm³/mol. The van der Waals surface area contributed by atoms with Crippen molar-refractivity contribution in [2.45, 2.75) is 25.9 Å². The molecule has 28 heavy (non-hydrogen) atoms. The summed E-state index contributed by atoms with van der Waals surface area (Å²) in [5.74, 6) is 0.251. The number of ether oxygens (including phenoxy) is 1. The highest BCUT2D eigenvalue weighted by atomic mass is 19.1. The van der Waals surface area contributed by atoms with E-state index in [-0.39, 0.29) is 18.0 Å². The molecule has 0 spiro atoms. The lowest BCUT2D eigenvalue weighted by Gasteiger charge is -2.27. The first-order valence-electron chi connectivity index (χ1n) is 8.92. The Hall–Kier alpha value is -3.45. The van der Waals surface area contributed by atoms with Crippen LogP contribution in [0.3, 0.4) is 0 Å². The summed E-state index contributed by atoms with van der Waals surface area (Å²) >= 11 is 0.